The fraction of sp³-hybridized carbons (Fsp3) is 0.0435. The standard InChI is InChI=1S/C23H19ClFN5O/c24-20-11-19(7-8-21(20)31-13-15-3-1-4-16(25)9-15)30-23-12-22(27-14-28-23)29-18-6-2-5-17(26)10-18/h1-12,14H,13,26H2,(H2,27,28,29,30). The van der Waals surface area contributed by atoms with Crippen LogP contribution >= 0.6 is 11.6 Å². The normalized spacial score (nSPS) is 10.5. The van der Waals surface area contributed by atoms with Gasteiger partial charge in [0.1, 0.15) is 36.1 Å². The molecule has 0 saturated heterocycles. The molecule has 0 radical (unpaired) electrons. The maximum Gasteiger partial charge on any atom is 0.138 e. The Hall–Kier alpha value is -3.84. The minimum Gasteiger partial charge on any atom is -0.487 e. The first kappa shape index (κ1) is 20.4. The summed E-state index contributed by atoms with van der Waals surface area (Å²) in [6.07, 6.45) is 1.45. The molecule has 0 atom stereocenters. The van der Waals surface area contributed by atoms with E-state index in [1.54, 1.807) is 30.3 Å². The number of anilines is 5. The Balaban J connectivity index is 1.42. The van der Waals surface area contributed by atoms with E-state index in [0.717, 1.165) is 16.9 Å². The van der Waals surface area contributed by atoms with Crippen LogP contribution in [0.15, 0.2) is 79.1 Å². The molecule has 156 valence electrons. The average molecular weight is 436 g/mol. The van der Waals surface area contributed by atoms with Gasteiger partial charge in [0.05, 0.1) is 5.02 Å². The van der Waals surface area contributed by atoms with Gasteiger partial charge in [-0.2, -0.15) is 0 Å². The maximum absolute atomic E-state index is 13.3. The number of nitrogen functional groups attached to an aromatic ring is 1. The minimum absolute atomic E-state index is 0.217. The van der Waals surface area contributed by atoms with E-state index in [1.165, 1.54) is 18.5 Å². The van der Waals surface area contributed by atoms with Gasteiger partial charge in [-0.25, -0.2) is 14.4 Å². The van der Waals surface area contributed by atoms with E-state index in [1.807, 2.05) is 30.3 Å². The van der Waals surface area contributed by atoms with Gasteiger partial charge in [0.2, 0.25) is 0 Å². The summed E-state index contributed by atoms with van der Waals surface area (Å²) in [7, 11) is 0. The van der Waals surface area contributed by atoms with Crippen LogP contribution < -0.4 is 21.1 Å². The Morgan fingerprint density at radius 1 is 0.871 bits per heavy atom. The molecule has 3 aromatic carbocycles. The quantitative estimate of drug-likeness (QED) is 0.312. The second kappa shape index (κ2) is 9.32. The minimum atomic E-state index is -0.304. The molecular formula is C23H19ClFN5O. The molecule has 4 aromatic rings. The molecule has 1 heterocycles. The first-order valence-corrected chi connectivity index (χ1v) is 9.81. The van der Waals surface area contributed by atoms with Crippen LogP contribution in [0.3, 0.4) is 0 Å². The Morgan fingerprint density at radius 2 is 1.61 bits per heavy atom. The van der Waals surface area contributed by atoms with Gasteiger partial charge in [-0.15, -0.1) is 0 Å². The molecule has 0 bridgehead atoms. The fourth-order valence-electron chi connectivity index (χ4n) is 2.89. The number of nitrogens with one attached hydrogen (secondary N) is 2. The summed E-state index contributed by atoms with van der Waals surface area (Å²) in [4.78, 5) is 8.45. The lowest BCUT2D eigenvalue weighted by atomic mass is 10.2. The summed E-state index contributed by atoms with van der Waals surface area (Å²) in [6.45, 7) is 0.217. The van der Waals surface area contributed by atoms with E-state index in [9.17, 15) is 4.39 Å². The summed E-state index contributed by atoms with van der Waals surface area (Å²) < 4.78 is 19.0. The van der Waals surface area contributed by atoms with Crippen LogP contribution in [0.2, 0.25) is 5.02 Å². The lowest BCUT2D eigenvalue weighted by Crippen LogP contribution is -2.00. The largest absolute Gasteiger partial charge is 0.487 e. The predicted octanol–water partition coefficient (Wildman–Crippen LogP) is 5.92. The smallest absolute Gasteiger partial charge is 0.138 e. The number of halogens is 2. The van der Waals surface area contributed by atoms with E-state index >= 15 is 0 Å². The molecule has 0 amide bonds. The van der Waals surface area contributed by atoms with Crippen LogP contribution in [0.5, 0.6) is 5.75 Å². The number of nitrogens with zero attached hydrogens (tertiary/aromatic N) is 2. The maximum atomic E-state index is 13.3. The van der Waals surface area contributed by atoms with Crippen molar-refractivity contribution in [1.82, 2.24) is 9.97 Å². The van der Waals surface area contributed by atoms with Crippen LogP contribution in [-0.2, 0) is 6.61 Å². The molecule has 4 N–H and O–H groups in total. The number of benzene rings is 3. The Kier molecular flexibility index (Phi) is 6.14. The van der Waals surface area contributed by atoms with Gasteiger partial charge in [0, 0.05) is 23.1 Å². The van der Waals surface area contributed by atoms with Gasteiger partial charge in [0.15, 0.2) is 0 Å². The first-order chi connectivity index (χ1) is 15.0. The van der Waals surface area contributed by atoms with Crippen molar-refractivity contribution in [2.45, 2.75) is 6.61 Å². The summed E-state index contributed by atoms with van der Waals surface area (Å²) in [5, 5.41) is 6.79. The van der Waals surface area contributed by atoms with Crippen molar-refractivity contribution < 1.29 is 9.13 Å². The zero-order chi connectivity index (χ0) is 21.6. The summed E-state index contributed by atoms with van der Waals surface area (Å²) >= 11 is 6.35. The third-order valence-electron chi connectivity index (χ3n) is 4.31. The number of nitrogens with two attached hydrogens (primary N) is 1. The molecular weight excluding hydrogens is 417 g/mol. The first-order valence-electron chi connectivity index (χ1n) is 9.43. The molecule has 0 saturated carbocycles. The predicted molar refractivity (Wildman–Crippen MR) is 122 cm³/mol. The van der Waals surface area contributed by atoms with Crippen molar-refractivity contribution in [1.29, 1.82) is 0 Å². The molecule has 0 aliphatic rings. The monoisotopic (exact) mass is 435 g/mol. The number of ether oxygens (including phenoxy) is 1. The molecule has 1 aromatic heterocycles. The number of hydrogen-bond acceptors (Lipinski definition) is 6. The van der Waals surface area contributed by atoms with E-state index in [4.69, 9.17) is 22.1 Å². The van der Waals surface area contributed by atoms with Gasteiger partial charge in [-0.1, -0.05) is 29.8 Å². The van der Waals surface area contributed by atoms with Gasteiger partial charge in [-0.05, 0) is 54.1 Å². The van der Waals surface area contributed by atoms with Crippen molar-refractivity contribution in [2.75, 3.05) is 16.4 Å². The molecule has 0 aliphatic heterocycles. The Bertz CT molecular complexity index is 1200. The Morgan fingerprint density at radius 3 is 2.32 bits per heavy atom. The zero-order valence-electron chi connectivity index (χ0n) is 16.3. The van der Waals surface area contributed by atoms with Crippen molar-refractivity contribution in [3.8, 4) is 5.75 Å². The van der Waals surface area contributed by atoms with Gasteiger partial charge in [-0.3, -0.25) is 0 Å². The summed E-state index contributed by atoms with van der Waals surface area (Å²) in [6, 6.07) is 20.7. The SMILES string of the molecule is Nc1cccc(Nc2cc(Nc3ccc(OCc4cccc(F)c4)c(Cl)c3)ncn2)c1. The van der Waals surface area contributed by atoms with E-state index in [2.05, 4.69) is 20.6 Å². The third kappa shape index (κ3) is 5.61. The van der Waals surface area contributed by atoms with Gasteiger partial charge >= 0.3 is 0 Å². The molecule has 4 rings (SSSR count). The van der Waals surface area contributed by atoms with E-state index in [0.29, 0.717) is 28.1 Å². The Labute approximate surface area is 183 Å². The molecule has 8 heteroatoms. The number of aromatic nitrogens is 2. The zero-order valence-corrected chi connectivity index (χ0v) is 17.1. The average Bonchev–Trinajstić information content (AvgIpc) is 2.74. The molecule has 0 fully saturated rings. The summed E-state index contributed by atoms with van der Waals surface area (Å²) in [5.41, 5.74) is 8.75. The number of rotatable bonds is 7. The van der Waals surface area contributed by atoms with Crippen molar-refractivity contribution in [3.63, 3.8) is 0 Å². The molecule has 0 aliphatic carbocycles. The highest BCUT2D eigenvalue weighted by molar-refractivity contribution is 6.32. The topological polar surface area (TPSA) is 85.1 Å². The summed E-state index contributed by atoms with van der Waals surface area (Å²) in [5.74, 6) is 1.40. The number of hydrogen-bond donors (Lipinski definition) is 3. The van der Waals surface area contributed by atoms with E-state index in [-0.39, 0.29) is 12.4 Å². The lowest BCUT2D eigenvalue weighted by molar-refractivity contribution is 0.306. The van der Waals surface area contributed by atoms with Crippen LogP contribution in [0.4, 0.5) is 33.1 Å². The van der Waals surface area contributed by atoms with Crippen LogP contribution in [0, 0.1) is 5.82 Å². The molecule has 31 heavy (non-hydrogen) atoms. The van der Waals surface area contributed by atoms with Gasteiger partial charge < -0.3 is 21.1 Å². The van der Waals surface area contributed by atoms with Crippen molar-refractivity contribution >= 4 is 40.3 Å². The highest BCUT2D eigenvalue weighted by Crippen LogP contribution is 2.30. The fourth-order valence-corrected chi connectivity index (χ4v) is 3.12. The molecule has 0 spiro atoms. The van der Waals surface area contributed by atoms with Crippen LogP contribution in [-0.4, -0.2) is 9.97 Å². The second-order valence-corrected chi connectivity index (χ2v) is 7.13. The molecule has 6 nitrogen and oxygen atoms in total. The molecule has 0 unspecified atom stereocenters. The second-order valence-electron chi connectivity index (χ2n) is 6.73. The lowest BCUT2D eigenvalue weighted by Gasteiger charge is -2.12. The third-order valence-corrected chi connectivity index (χ3v) is 4.61. The van der Waals surface area contributed by atoms with Crippen molar-refractivity contribution in [2.24, 2.45) is 0 Å². The highest BCUT2D eigenvalue weighted by atomic mass is 35.5. The van der Waals surface area contributed by atoms with Crippen molar-refractivity contribution in [3.05, 3.63) is 95.5 Å². The van der Waals surface area contributed by atoms with Crippen LogP contribution in [0.25, 0.3) is 0 Å². The highest BCUT2D eigenvalue weighted by Gasteiger charge is 2.06. The van der Waals surface area contributed by atoms with Gasteiger partial charge in [0.25, 0.3) is 0 Å². The van der Waals surface area contributed by atoms with Crippen LogP contribution in [0.1, 0.15) is 5.56 Å². The van der Waals surface area contributed by atoms with E-state index < -0.39 is 0 Å².